The summed E-state index contributed by atoms with van der Waals surface area (Å²) in [5.41, 5.74) is 0. The molecule has 0 saturated carbocycles. The molecule has 9 heavy (non-hydrogen) atoms. The van der Waals surface area contributed by atoms with Gasteiger partial charge in [0.1, 0.15) is 0 Å². The molecule has 0 radical (unpaired) electrons. The first-order valence-corrected chi connectivity index (χ1v) is 3.73. The van der Waals surface area contributed by atoms with Gasteiger partial charge in [0.25, 0.3) is 10.1 Å². The molecule has 0 heterocycles. The van der Waals surface area contributed by atoms with E-state index in [-0.39, 0.29) is 24.6 Å². The predicted molar refractivity (Wildman–Crippen MR) is 38.4 cm³/mol. The summed E-state index contributed by atoms with van der Waals surface area (Å²) in [7, 11) is -3.77. The molecule has 0 aromatic heterocycles. The Morgan fingerprint density at radius 3 is 2.11 bits per heavy atom. The van der Waals surface area contributed by atoms with Crippen molar-refractivity contribution in [1.82, 2.24) is 0 Å². The van der Waals surface area contributed by atoms with Crippen LogP contribution < -0.4 is 0 Å². The summed E-state index contributed by atoms with van der Waals surface area (Å²) < 4.78 is 27.9. The summed E-state index contributed by atoms with van der Waals surface area (Å²) in [6, 6.07) is 0. The van der Waals surface area contributed by atoms with Gasteiger partial charge in [-0.1, -0.05) is 12.2 Å². The summed E-state index contributed by atoms with van der Waals surface area (Å²) in [5, 5.41) is 0. The molecule has 1 N–H and O–H groups in total. The first kappa shape index (κ1) is 12.0. The molecular formula is C4H9LiO3S. The van der Waals surface area contributed by atoms with Crippen molar-refractivity contribution in [1.29, 1.82) is 0 Å². The van der Waals surface area contributed by atoms with Crippen LogP contribution in [0.4, 0.5) is 0 Å². The number of rotatable bonds is 2. The average molecular weight is 144 g/mol. The van der Waals surface area contributed by atoms with Crippen LogP contribution in [0.1, 0.15) is 6.92 Å². The molecule has 0 aromatic rings. The number of hydrogen-bond acceptors (Lipinski definition) is 2. The summed E-state index contributed by atoms with van der Waals surface area (Å²) in [5.74, 6) is -0.288. The molecule has 50 valence electrons. The van der Waals surface area contributed by atoms with E-state index in [0.717, 1.165) is 0 Å². The molecule has 0 atom stereocenters. The average Bonchev–Trinajstić information content (AvgIpc) is 1.59. The van der Waals surface area contributed by atoms with Crippen molar-refractivity contribution >= 4 is 29.0 Å². The quantitative estimate of drug-likeness (QED) is 0.332. The van der Waals surface area contributed by atoms with E-state index in [0.29, 0.717) is 0 Å². The molecule has 5 heteroatoms. The van der Waals surface area contributed by atoms with Crippen LogP contribution in [0, 0.1) is 0 Å². The van der Waals surface area contributed by atoms with Gasteiger partial charge in [-0.25, -0.2) is 0 Å². The van der Waals surface area contributed by atoms with Gasteiger partial charge in [0, 0.05) is 0 Å². The van der Waals surface area contributed by atoms with Crippen LogP contribution in [0.3, 0.4) is 0 Å². The SMILES string of the molecule is C/C=C/CS(=O)(=O)O.[LiH]. The van der Waals surface area contributed by atoms with Gasteiger partial charge in [0.05, 0.1) is 5.75 Å². The molecule has 0 amide bonds. The Morgan fingerprint density at radius 2 is 2.00 bits per heavy atom. The van der Waals surface area contributed by atoms with Crippen molar-refractivity contribution in [2.45, 2.75) is 6.92 Å². The summed E-state index contributed by atoms with van der Waals surface area (Å²) in [6.07, 6.45) is 2.93. The second-order valence-electron chi connectivity index (χ2n) is 1.32. The third kappa shape index (κ3) is 11.7. The number of hydrogen-bond donors (Lipinski definition) is 1. The van der Waals surface area contributed by atoms with E-state index in [1.807, 2.05) is 0 Å². The first-order valence-electron chi connectivity index (χ1n) is 2.12. The summed E-state index contributed by atoms with van der Waals surface area (Å²) in [4.78, 5) is 0. The van der Waals surface area contributed by atoms with E-state index >= 15 is 0 Å². The third-order valence-electron chi connectivity index (χ3n) is 0.543. The summed E-state index contributed by atoms with van der Waals surface area (Å²) >= 11 is 0. The fourth-order valence-electron chi connectivity index (χ4n) is 0.218. The van der Waals surface area contributed by atoms with Gasteiger partial charge >= 0.3 is 18.9 Å². The minimum atomic E-state index is -3.77. The van der Waals surface area contributed by atoms with Crippen molar-refractivity contribution < 1.29 is 13.0 Å². The zero-order chi connectivity index (χ0) is 6.62. The van der Waals surface area contributed by atoms with E-state index in [1.54, 1.807) is 13.0 Å². The molecule has 0 rings (SSSR count). The molecule has 0 aliphatic carbocycles. The Hall–Kier alpha value is 0.247. The van der Waals surface area contributed by atoms with Crippen molar-refractivity contribution in [3.05, 3.63) is 12.2 Å². The van der Waals surface area contributed by atoms with Crippen LogP contribution in [0.15, 0.2) is 12.2 Å². The van der Waals surface area contributed by atoms with E-state index in [2.05, 4.69) is 0 Å². The van der Waals surface area contributed by atoms with Gasteiger partial charge in [-0.2, -0.15) is 8.42 Å². The zero-order valence-corrected chi connectivity index (χ0v) is 5.35. The van der Waals surface area contributed by atoms with Crippen molar-refractivity contribution in [3.63, 3.8) is 0 Å². The Bertz CT molecular complexity index is 170. The van der Waals surface area contributed by atoms with Gasteiger partial charge in [-0.3, -0.25) is 4.55 Å². The molecule has 0 unspecified atom stereocenters. The van der Waals surface area contributed by atoms with Gasteiger partial charge in [-0.15, -0.1) is 0 Å². The predicted octanol–water partition coefficient (Wildman–Crippen LogP) is -0.198. The Balaban J connectivity index is 0. The maximum absolute atomic E-state index is 9.89. The molecule has 0 aromatic carbocycles. The van der Waals surface area contributed by atoms with Crippen molar-refractivity contribution in [3.8, 4) is 0 Å². The van der Waals surface area contributed by atoms with Crippen LogP contribution in [0.5, 0.6) is 0 Å². The summed E-state index contributed by atoms with van der Waals surface area (Å²) in [6.45, 7) is 1.69. The van der Waals surface area contributed by atoms with Gasteiger partial charge in [0.15, 0.2) is 0 Å². The Labute approximate surface area is 67.1 Å². The topological polar surface area (TPSA) is 54.4 Å². The van der Waals surface area contributed by atoms with E-state index < -0.39 is 10.1 Å². The molecule has 0 aliphatic rings. The van der Waals surface area contributed by atoms with Crippen LogP contribution in [-0.2, 0) is 10.1 Å². The van der Waals surface area contributed by atoms with Crippen molar-refractivity contribution in [2.24, 2.45) is 0 Å². The van der Waals surface area contributed by atoms with Crippen molar-refractivity contribution in [2.75, 3.05) is 5.75 Å². The molecule has 0 fully saturated rings. The van der Waals surface area contributed by atoms with Gasteiger partial charge in [-0.05, 0) is 6.92 Å². The molecule has 3 nitrogen and oxygen atoms in total. The van der Waals surface area contributed by atoms with Crippen LogP contribution in [-0.4, -0.2) is 37.6 Å². The maximum atomic E-state index is 9.89. The molecule has 0 aliphatic heterocycles. The monoisotopic (exact) mass is 144 g/mol. The molecule has 0 bridgehead atoms. The van der Waals surface area contributed by atoms with Gasteiger partial charge < -0.3 is 0 Å². The first-order chi connectivity index (χ1) is 3.56. The Kier molecular flexibility index (Phi) is 6.74. The molecular weight excluding hydrogens is 135 g/mol. The second-order valence-corrected chi connectivity index (χ2v) is 2.81. The van der Waals surface area contributed by atoms with E-state index in [4.69, 9.17) is 4.55 Å². The van der Waals surface area contributed by atoms with Gasteiger partial charge in [0.2, 0.25) is 0 Å². The van der Waals surface area contributed by atoms with Crippen LogP contribution in [0.25, 0.3) is 0 Å². The number of allylic oxidation sites excluding steroid dienone is 1. The minimum absolute atomic E-state index is 0. The third-order valence-corrected chi connectivity index (χ3v) is 1.16. The van der Waals surface area contributed by atoms with E-state index in [1.165, 1.54) is 6.08 Å². The standard InChI is InChI=1S/C4H8O3S.Li.H/c1-2-3-4-8(5,6)7;;/h2-3H,4H2,1H3,(H,5,6,7);;/b3-2+;;. The van der Waals surface area contributed by atoms with Crippen LogP contribution >= 0.6 is 0 Å². The fourth-order valence-corrected chi connectivity index (χ4v) is 0.653. The molecule has 0 spiro atoms. The fraction of sp³-hybridized carbons (Fsp3) is 0.500. The van der Waals surface area contributed by atoms with E-state index in [9.17, 15) is 8.42 Å². The Morgan fingerprint density at radius 1 is 1.56 bits per heavy atom. The zero-order valence-electron chi connectivity index (χ0n) is 4.53. The normalized spacial score (nSPS) is 11.3. The molecule has 0 saturated heterocycles. The van der Waals surface area contributed by atoms with Crippen LogP contribution in [0.2, 0.25) is 0 Å². The second kappa shape index (κ2) is 5.07.